The Labute approximate surface area is 360 Å². The van der Waals surface area contributed by atoms with E-state index in [-0.39, 0.29) is 23.7 Å². The van der Waals surface area contributed by atoms with Gasteiger partial charge in [0.2, 0.25) is 0 Å². The van der Waals surface area contributed by atoms with Crippen molar-refractivity contribution in [1.82, 2.24) is 15.0 Å². The van der Waals surface area contributed by atoms with Crippen molar-refractivity contribution in [2.24, 2.45) is 23.7 Å². The van der Waals surface area contributed by atoms with Gasteiger partial charge in [-0.15, -0.1) is 0 Å². The highest BCUT2D eigenvalue weighted by Crippen LogP contribution is 2.65. The Morgan fingerprint density at radius 1 is 0.393 bits per heavy atom. The summed E-state index contributed by atoms with van der Waals surface area (Å²) in [6.07, 6.45) is 6.65. The van der Waals surface area contributed by atoms with Crippen molar-refractivity contribution in [1.29, 1.82) is 0 Å². The van der Waals surface area contributed by atoms with Crippen molar-refractivity contribution in [3.63, 3.8) is 0 Å². The molecule has 1 aliphatic heterocycles. The molecule has 0 radical (unpaired) electrons. The van der Waals surface area contributed by atoms with Gasteiger partial charge in [0.05, 0.1) is 11.2 Å². The maximum absolute atomic E-state index is 6.47. The second-order valence-corrected chi connectivity index (χ2v) is 19.2. The van der Waals surface area contributed by atoms with Crippen LogP contribution in [0.5, 0.6) is 0 Å². The van der Waals surface area contributed by atoms with E-state index in [1.165, 1.54) is 59.9 Å². The average Bonchev–Trinajstić information content (AvgIpc) is 3.52. The van der Waals surface area contributed by atoms with Crippen molar-refractivity contribution in [3.05, 3.63) is 169 Å². The minimum absolute atomic E-state index is 0.0382. The summed E-state index contributed by atoms with van der Waals surface area (Å²) in [6, 6.07) is 56.8. The van der Waals surface area contributed by atoms with Crippen molar-refractivity contribution in [2.45, 2.75) is 76.4 Å². The predicted molar refractivity (Wildman–Crippen MR) is 247 cm³/mol. The van der Waals surface area contributed by atoms with E-state index < -0.39 is 0 Å². The molecule has 6 aromatic carbocycles. The molecule has 1 saturated heterocycles. The molecule has 2 heterocycles. The first kappa shape index (κ1) is 38.3. The quantitative estimate of drug-likeness (QED) is 0.143. The Hall–Kier alpha value is -5.69. The van der Waals surface area contributed by atoms with E-state index in [9.17, 15) is 0 Å². The number of rotatable bonds is 8. The molecule has 0 unspecified atom stereocenters. The Bertz CT molecular complexity index is 2640. The zero-order valence-electron chi connectivity index (χ0n) is 35.6. The van der Waals surface area contributed by atoms with Gasteiger partial charge < -0.3 is 9.31 Å². The molecule has 12 rings (SSSR count). The summed E-state index contributed by atoms with van der Waals surface area (Å²) in [6.45, 7) is 8.50. The fourth-order valence-electron chi connectivity index (χ4n) is 11.5. The van der Waals surface area contributed by atoms with E-state index in [1.54, 1.807) is 0 Å². The van der Waals surface area contributed by atoms with Crippen LogP contribution in [0.1, 0.15) is 70.9 Å². The lowest BCUT2D eigenvalue weighted by molar-refractivity contribution is -0.0418. The number of hydrogen-bond donors (Lipinski definition) is 0. The van der Waals surface area contributed by atoms with Crippen molar-refractivity contribution < 1.29 is 9.31 Å². The van der Waals surface area contributed by atoms with Crippen LogP contribution in [0.4, 0.5) is 0 Å². The van der Waals surface area contributed by atoms with E-state index in [0.29, 0.717) is 29.3 Å². The zero-order chi connectivity index (χ0) is 41.3. The molecule has 7 aromatic rings. The highest BCUT2D eigenvalue weighted by molar-refractivity contribution is 6.62. The number of nitrogens with zero attached hydrogens (tertiary/aromatic N) is 3. The van der Waals surface area contributed by atoms with Crippen molar-refractivity contribution >= 4 is 12.6 Å². The van der Waals surface area contributed by atoms with Crippen LogP contribution in [0.2, 0.25) is 0 Å². The molecular formula is C55H52BN3O2. The summed E-state index contributed by atoms with van der Waals surface area (Å²) in [7, 11) is -0.366. The maximum atomic E-state index is 6.47. The summed E-state index contributed by atoms with van der Waals surface area (Å²) in [5.74, 6) is 4.97. The van der Waals surface area contributed by atoms with Gasteiger partial charge in [0.25, 0.3) is 0 Å². The fraction of sp³-hybridized carbons (Fsp3) is 0.291. The van der Waals surface area contributed by atoms with Crippen LogP contribution in [-0.4, -0.2) is 33.3 Å². The van der Waals surface area contributed by atoms with Crippen LogP contribution in [-0.2, 0) is 14.7 Å². The summed E-state index contributed by atoms with van der Waals surface area (Å²) in [5.41, 5.74) is 10.8. The molecule has 0 atom stereocenters. The Morgan fingerprint density at radius 3 is 1.15 bits per heavy atom. The third-order valence-corrected chi connectivity index (χ3v) is 15.1. The van der Waals surface area contributed by atoms with Crippen LogP contribution >= 0.6 is 0 Å². The highest BCUT2D eigenvalue weighted by Gasteiger charge is 2.59. The van der Waals surface area contributed by atoms with Gasteiger partial charge in [0.15, 0.2) is 17.5 Å². The van der Waals surface area contributed by atoms with E-state index in [4.69, 9.17) is 24.3 Å². The van der Waals surface area contributed by atoms with Gasteiger partial charge in [-0.3, -0.25) is 0 Å². The number of aromatic nitrogens is 3. The smallest absolute Gasteiger partial charge is 0.399 e. The lowest BCUT2D eigenvalue weighted by Crippen LogP contribution is -2.56. The number of hydrogen-bond acceptors (Lipinski definition) is 5. The third-order valence-electron chi connectivity index (χ3n) is 15.1. The molecular weight excluding hydrogens is 745 g/mol. The third kappa shape index (κ3) is 6.67. The molecule has 0 amide bonds. The number of benzene rings is 6. The minimum atomic E-state index is -0.372. The molecule has 302 valence electrons. The summed E-state index contributed by atoms with van der Waals surface area (Å²) in [4.78, 5) is 15.3. The first-order chi connectivity index (χ1) is 29.6. The van der Waals surface area contributed by atoms with Crippen LogP contribution < -0.4 is 5.46 Å². The zero-order valence-corrected chi connectivity index (χ0v) is 35.6. The topological polar surface area (TPSA) is 57.1 Å². The van der Waals surface area contributed by atoms with Crippen LogP contribution in [0.15, 0.2) is 158 Å². The second-order valence-electron chi connectivity index (χ2n) is 19.2. The van der Waals surface area contributed by atoms with E-state index in [1.807, 2.05) is 18.2 Å². The second kappa shape index (κ2) is 14.7. The van der Waals surface area contributed by atoms with Crippen LogP contribution in [0.3, 0.4) is 0 Å². The largest absolute Gasteiger partial charge is 0.494 e. The van der Waals surface area contributed by atoms with Gasteiger partial charge in [-0.1, -0.05) is 158 Å². The fourth-order valence-corrected chi connectivity index (χ4v) is 11.5. The predicted octanol–water partition coefficient (Wildman–Crippen LogP) is 12.2. The van der Waals surface area contributed by atoms with Crippen molar-refractivity contribution in [2.75, 3.05) is 0 Å². The van der Waals surface area contributed by atoms with Gasteiger partial charge in [0.1, 0.15) is 0 Å². The molecule has 5 fully saturated rings. The first-order valence-corrected chi connectivity index (χ1v) is 22.3. The van der Waals surface area contributed by atoms with Crippen molar-refractivity contribution in [3.8, 4) is 56.4 Å². The minimum Gasteiger partial charge on any atom is -0.399 e. The Balaban J connectivity index is 0.932. The Kier molecular flexibility index (Phi) is 9.25. The summed E-state index contributed by atoms with van der Waals surface area (Å²) in [5, 5.41) is 0. The molecule has 4 saturated carbocycles. The molecule has 4 aliphatic carbocycles. The normalized spacial score (nSPS) is 24.6. The molecule has 4 bridgehead atoms. The summed E-state index contributed by atoms with van der Waals surface area (Å²) >= 11 is 0. The SMILES string of the molecule is CC1(C)OB(c2ccc(C3(c4ccc(-c5nc(-c6ccccc6)nc(-c6ccc(-c7ccc(-c8ccccc8)cc7)cc6)n5)cc4)C4CC5CC(C4)CC3C5)cc2)OC1(C)C. The Morgan fingerprint density at radius 2 is 0.721 bits per heavy atom. The lowest BCUT2D eigenvalue weighted by Gasteiger charge is -2.62. The first-order valence-electron chi connectivity index (χ1n) is 22.3. The standard InChI is InChI=1S/C55H52BN3O2/c1-53(2)54(3,4)61-56(60-53)49-29-27-46(28-30-49)55(47-32-36-31-37(34-47)35-48(55)33-36)45-25-23-44(24-26-45)52-58-50(42-13-9-6-10-14-42)57-51(59-52)43-21-19-41(20-22-43)40-17-15-39(16-18-40)38-11-7-5-8-12-38/h5-30,36-37,47-48H,31-35H2,1-4H3. The van der Waals surface area contributed by atoms with Gasteiger partial charge >= 0.3 is 7.12 Å². The van der Waals surface area contributed by atoms with Gasteiger partial charge in [-0.05, 0) is 122 Å². The highest BCUT2D eigenvalue weighted by atomic mass is 16.7. The molecule has 0 spiro atoms. The molecule has 5 nitrogen and oxygen atoms in total. The van der Waals surface area contributed by atoms with Gasteiger partial charge in [0, 0.05) is 22.1 Å². The van der Waals surface area contributed by atoms with E-state index in [2.05, 4.69) is 167 Å². The molecule has 5 aliphatic rings. The lowest BCUT2D eigenvalue weighted by atomic mass is 9.42. The van der Waals surface area contributed by atoms with E-state index in [0.717, 1.165) is 39.6 Å². The van der Waals surface area contributed by atoms with Gasteiger partial charge in [-0.2, -0.15) is 0 Å². The monoisotopic (exact) mass is 797 g/mol. The maximum Gasteiger partial charge on any atom is 0.494 e. The molecule has 6 heteroatoms. The van der Waals surface area contributed by atoms with Crippen LogP contribution in [0, 0.1) is 23.7 Å². The summed E-state index contributed by atoms with van der Waals surface area (Å²) < 4.78 is 12.9. The average molecular weight is 798 g/mol. The van der Waals surface area contributed by atoms with E-state index >= 15 is 0 Å². The molecule has 0 N–H and O–H groups in total. The molecule has 1 aromatic heterocycles. The molecule has 61 heavy (non-hydrogen) atoms. The van der Waals surface area contributed by atoms with Gasteiger partial charge in [-0.25, -0.2) is 15.0 Å². The van der Waals surface area contributed by atoms with Crippen LogP contribution in [0.25, 0.3) is 56.4 Å².